The molecule has 0 aliphatic rings. The molecule has 0 spiro atoms. The number of nitrogens with one attached hydrogen (secondary N) is 1. The van der Waals surface area contributed by atoms with Crippen LogP contribution in [0.3, 0.4) is 0 Å². The molecule has 182 valence electrons. The Labute approximate surface area is 206 Å². The third-order valence-electron chi connectivity index (χ3n) is 5.59. The second-order valence-corrected chi connectivity index (χ2v) is 11.6. The van der Waals surface area contributed by atoms with E-state index in [1.165, 1.54) is 12.1 Å². The van der Waals surface area contributed by atoms with Crippen molar-refractivity contribution in [1.82, 2.24) is 4.72 Å². The Morgan fingerprint density at radius 3 is 2.14 bits per heavy atom. The van der Waals surface area contributed by atoms with Gasteiger partial charge in [0.15, 0.2) is 5.09 Å². The van der Waals surface area contributed by atoms with E-state index in [1.807, 2.05) is 48.5 Å². The molecule has 0 radical (unpaired) electrons. The largest absolute Gasteiger partial charge is 0.480 e. The van der Waals surface area contributed by atoms with E-state index in [1.54, 1.807) is 32.0 Å². The highest BCUT2D eigenvalue weighted by Gasteiger charge is 2.28. The quantitative estimate of drug-likeness (QED) is 0.334. The van der Waals surface area contributed by atoms with Gasteiger partial charge in [-0.1, -0.05) is 68.4 Å². The molecule has 4 rings (SSSR count). The molecule has 0 saturated carbocycles. The number of aliphatic carboxylic acids is 1. The van der Waals surface area contributed by atoms with E-state index in [2.05, 4.69) is 4.72 Å². The van der Waals surface area contributed by atoms with Gasteiger partial charge in [0.05, 0.1) is 21.4 Å². The fourth-order valence-corrected chi connectivity index (χ4v) is 6.04. The second-order valence-electron chi connectivity index (χ2n) is 8.50. The van der Waals surface area contributed by atoms with Crippen LogP contribution in [0.5, 0.6) is 0 Å². The van der Waals surface area contributed by atoms with E-state index in [9.17, 15) is 22.5 Å². The van der Waals surface area contributed by atoms with Gasteiger partial charge in [-0.3, -0.25) is 9.00 Å². The molecular formula is C26H25NO6S2. The minimum atomic E-state index is -3.98. The molecule has 0 aliphatic heterocycles. The van der Waals surface area contributed by atoms with Gasteiger partial charge in [-0.2, -0.15) is 4.72 Å². The van der Waals surface area contributed by atoms with Crippen LogP contribution in [0.2, 0.25) is 0 Å². The second kappa shape index (κ2) is 10.2. The molecule has 1 heterocycles. The zero-order valence-electron chi connectivity index (χ0n) is 19.2. The topological polar surface area (TPSA) is 114 Å². The van der Waals surface area contributed by atoms with Crippen molar-refractivity contribution in [1.29, 1.82) is 0 Å². The summed E-state index contributed by atoms with van der Waals surface area (Å²) in [5, 5.41) is 10.6. The van der Waals surface area contributed by atoms with Gasteiger partial charge in [0.2, 0.25) is 10.0 Å². The molecule has 9 heteroatoms. The van der Waals surface area contributed by atoms with Gasteiger partial charge in [0, 0.05) is 11.5 Å². The van der Waals surface area contributed by atoms with Crippen molar-refractivity contribution >= 4 is 37.8 Å². The van der Waals surface area contributed by atoms with Gasteiger partial charge in [-0.15, -0.1) is 0 Å². The zero-order chi connectivity index (χ0) is 25.2. The monoisotopic (exact) mass is 511 g/mol. The average molecular weight is 512 g/mol. The molecule has 2 N–H and O–H groups in total. The van der Waals surface area contributed by atoms with Crippen LogP contribution in [-0.4, -0.2) is 29.7 Å². The molecule has 0 saturated heterocycles. The number of benzene rings is 3. The van der Waals surface area contributed by atoms with Crippen molar-refractivity contribution in [3.63, 3.8) is 0 Å². The number of carboxylic acid groups (broad SMARTS) is 1. The van der Waals surface area contributed by atoms with Crippen LogP contribution in [0.25, 0.3) is 22.1 Å². The number of hydrogen-bond acceptors (Lipinski definition) is 5. The summed E-state index contributed by atoms with van der Waals surface area (Å²) in [7, 11) is -5.30. The highest BCUT2D eigenvalue weighted by atomic mass is 32.2. The first kappa shape index (κ1) is 24.8. The van der Waals surface area contributed by atoms with Crippen molar-refractivity contribution in [3.8, 4) is 11.1 Å². The fraction of sp³-hybridized carbons (Fsp3) is 0.192. The maximum Gasteiger partial charge on any atom is 0.322 e. The third-order valence-corrected chi connectivity index (χ3v) is 8.29. The minimum absolute atomic E-state index is 0.00833. The Morgan fingerprint density at radius 2 is 1.57 bits per heavy atom. The van der Waals surface area contributed by atoms with Crippen molar-refractivity contribution < 1.29 is 26.9 Å². The summed E-state index contributed by atoms with van der Waals surface area (Å²) in [5.41, 5.74) is 3.25. The number of fused-ring (bicyclic) bond motifs is 1. The van der Waals surface area contributed by atoms with E-state index in [0.29, 0.717) is 16.4 Å². The van der Waals surface area contributed by atoms with Gasteiger partial charge in [0.1, 0.15) is 11.6 Å². The maximum atomic E-state index is 12.7. The van der Waals surface area contributed by atoms with E-state index in [0.717, 1.165) is 22.1 Å². The molecule has 2 atom stereocenters. The van der Waals surface area contributed by atoms with Crippen LogP contribution in [0.1, 0.15) is 19.4 Å². The average Bonchev–Trinajstić information content (AvgIpc) is 3.27. The van der Waals surface area contributed by atoms with Gasteiger partial charge in [-0.05, 0) is 40.8 Å². The molecule has 3 aromatic carbocycles. The van der Waals surface area contributed by atoms with Crippen LogP contribution in [0, 0.1) is 5.92 Å². The SMILES string of the molecule is CC(C)C(NS(=O)(=O)c1ccc(-c2ccc(CS(=O)c3cc4ccccc4o3)cc2)cc1)C(=O)O. The molecule has 0 aliphatic carbocycles. The molecule has 4 aromatic rings. The lowest BCUT2D eigenvalue weighted by atomic mass is 10.0. The zero-order valence-corrected chi connectivity index (χ0v) is 20.8. The molecule has 1 aromatic heterocycles. The standard InChI is InChI=1S/C26H25NO6S2/c1-17(2)25(26(28)29)27-35(31,32)22-13-11-20(12-14-22)19-9-7-18(8-10-19)16-34(30)24-15-21-5-3-4-6-23(21)33-24/h3-15,17,25,27H,16H2,1-2H3,(H,28,29). The molecule has 0 bridgehead atoms. The number of carboxylic acids is 1. The van der Waals surface area contributed by atoms with E-state index >= 15 is 0 Å². The number of furan rings is 1. The molecule has 0 amide bonds. The van der Waals surface area contributed by atoms with Crippen molar-refractivity contribution in [3.05, 3.63) is 84.4 Å². The number of rotatable bonds is 9. The Bertz CT molecular complexity index is 1440. The molecule has 0 fully saturated rings. The summed E-state index contributed by atoms with van der Waals surface area (Å²) >= 11 is 0. The predicted octanol–water partition coefficient (Wildman–Crippen LogP) is 4.80. The normalized spacial score (nSPS) is 13.7. The van der Waals surface area contributed by atoms with E-state index in [-0.39, 0.29) is 4.90 Å². The lowest BCUT2D eigenvalue weighted by Gasteiger charge is -2.18. The molecular weight excluding hydrogens is 486 g/mol. The van der Waals surface area contributed by atoms with Crippen molar-refractivity contribution in [2.75, 3.05) is 0 Å². The van der Waals surface area contributed by atoms with Crippen LogP contribution >= 0.6 is 0 Å². The first-order chi connectivity index (χ1) is 16.6. The van der Waals surface area contributed by atoms with Gasteiger partial charge in [0.25, 0.3) is 0 Å². The van der Waals surface area contributed by atoms with E-state index in [4.69, 9.17) is 4.42 Å². The fourth-order valence-electron chi connectivity index (χ4n) is 3.62. The summed E-state index contributed by atoms with van der Waals surface area (Å²) < 4.78 is 45.9. The minimum Gasteiger partial charge on any atom is -0.480 e. The maximum absolute atomic E-state index is 12.7. The summed E-state index contributed by atoms with van der Waals surface area (Å²) in [5.74, 6) is -1.31. The lowest BCUT2D eigenvalue weighted by molar-refractivity contribution is -0.140. The number of hydrogen-bond donors (Lipinski definition) is 2. The molecule has 2 unspecified atom stereocenters. The van der Waals surface area contributed by atoms with Crippen LogP contribution in [-0.2, 0) is 31.4 Å². The lowest BCUT2D eigenvalue weighted by Crippen LogP contribution is -2.44. The Morgan fingerprint density at radius 1 is 0.971 bits per heavy atom. The summed E-state index contributed by atoms with van der Waals surface area (Å²) in [6.45, 7) is 3.28. The van der Waals surface area contributed by atoms with Crippen LogP contribution in [0.4, 0.5) is 0 Å². The Kier molecular flexibility index (Phi) is 7.20. The predicted molar refractivity (Wildman–Crippen MR) is 135 cm³/mol. The highest BCUT2D eigenvalue weighted by Crippen LogP contribution is 2.25. The van der Waals surface area contributed by atoms with Crippen molar-refractivity contribution in [2.45, 2.75) is 35.6 Å². The number of sulfonamides is 1. The van der Waals surface area contributed by atoms with Gasteiger partial charge < -0.3 is 9.52 Å². The smallest absolute Gasteiger partial charge is 0.322 e. The highest BCUT2D eigenvalue weighted by molar-refractivity contribution is 7.89. The first-order valence-corrected chi connectivity index (χ1v) is 13.8. The number of carbonyl (C=O) groups is 1. The first-order valence-electron chi connectivity index (χ1n) is 11.0. The van der Waals surface area contributed by atoms with Crippen molar-refractivity contribution in [2.24, 2.45) is 5.92 Å². The Balaban J connectivity index is 1.45. The summed E-state index contributed by atoms with van der Waals surface area (Å²) in [6, 6.07) is 21.9. The molecule has 7 nitrogen and oxygen atoms in total. The Hall–Kier alpha value is -3.27. The van der Waals surface area contributed by atoms with Gasteiger partial charge >= 0.3 is 5.97 Å². The summed E-state index contributed by atoms with van der Waals surface area (Å²) in [4.78, 5) is 11.3. The van der Waals surface area contributed by atoms with Crippen LogP contribution in [0.15, 0.2) is 93.3 Å². The van der Waals surface area contributed by atoms with E-state index < -0.39 is 38.8 Å². The van der Waals surface area contributed by atoms with Gasteiger partial charge in [-0.25, -0.2) is 8.42 Å². The third kappa shape index (κ3) is 5.70. The summed E-state index contributed by atoms with van der Waals surface area (Å²) in [6.07, 6.45) is 0. The number of para-hydroxylation sites is 1. The van der Waals surface area contributed by atoms with Crippen LogP contribution < -0.4 is 4.72 Å². The molecule has 35 heavy (non-hydrogen) atoms.